The van der Waals surface area contributed by atoms with Gasteiger partial charge in [-0.25, -0.2) is 0 Å². The van der Waals surface area contributed by atoms with Crippen LogP contribution in [0.25, 0.3) is 0 Å². The van der Waals surface area contributed by atoms with Crippen molar-refractivity contribution in [3.05, 3.63) is 0 Å². The van der Waals surface area contributed by atoms with Gasteiger partial charge in [-0.1, -0.05) is 45.7 Å². The van der Waals surface area contributed by atoms with Crippen LogP contribution in [0, 0.1) is 5.92 Å². The average Bonchev–Trinajstić information content (AvgIpc) is 2.01. The molecule has 0 aliphatic carbocycles. The molecule has 0 aromatic carbocycles. The third-order valence-corrected chi connectivity index (χ3v) is 3.89. The molecule has 4 heteroatoms. The second-order valence-corrected chi connectivity index (χ2v) is 5.41. The number of amides is 1. The van der Waals surface area contributed by atoms with Crippen LogP contribution >= 0.6 is 31.9 Å². The molecule has 78 valence electrons. The number of hydrogen-bond acceptors (Lipinski definition) is 1. The van der Waals surface area contributed by atoms with E-state index >= 15 is 0 Å². The van der Waals surface area contributed by atoms with Crippen LogP contribution < -0.4 is 5.32 Å². The zero-order valence-electron chi connectivity index (χ0n) is 8.31. The summed E-state index contributed by atoms with van der Waals surface area (Å²) in [5.74, 6) is 0.679. The minimum Gasteiger partial charge on any atom is -0.353 e. The van der Waals surface area contributed by atoms with Gasteiger partial charge in [0.2, 0.25) is 5.91 Å². The lowest BCUT2D eigenvalue weighted by molar-refractivity contribution is -0.120. The topological polar surface area (TPSA) is 29.1 Å². The number of nitrogens with one attached hydrogen (secondary N) is 1. The van der Waals surface area contributed by atoms with Crippen LogP contribution in [0.4, 0.5) is 0 Å². The lowest BCUT2D eigenvalue weighted by Crippen LogP contribution is -2.38. The quantitative estimate of drug-likeness (QED) is 0.777. The predicted octanol–water partition coefficient (Wildman–Crippen LogP) is 2.70. The van der Waals surface area contributed by atoms with E-state index < -0.39 is 0 Å². The predicted molar refractivity (Wildman–Crippen MR) is 63.6 cm³/mol. The summed E-state index contributed by atoms with van der Waals surface area (Å²) in [6.07, 6.45) is 1.02. The minimum absolute atomic E-state index is 0.0602. The highest BCUT2D eigenvalue weighted by molar-refractivity contribution is 9.12. The summed E-state index contributed by atoms with van der Waals surface area (Å²) >= 11 is 6.53. The third kappa shape index (κ3) is 6.49. The Morgan fingerprint density at radius 1 is 1.38 bits per heavy atom. The Balaban J connectivity index is 3.77. The van der Waals surface area contributed by atoms with Gasteiger partial charge in [-0.3, -0.25) is 4.79 Å². The fourth-order valence-corrected chi connectivity index (χ4v) is 1.60. The Kier molecular flexibility index (Phi) is 7.05. The first-order valence-corrected chi connectivity index (χ1v) is 6.51. The van der Waals surface area contributed by atoms with Crippen molar-refractivity contribution in [1.82, 2.24) is 5.32 Å². The summed E-state index contributed by atoms with van der Waals surface area (Å²) in [5.41, 5.74) is 0. The molecule has 2 nitrogen and oxygen atoms in total. The smallest absolute Gasteiger partial charge is 0.234 e. The average molecular weight is 315 g/mol. The molecule has 0 aliphatic rings. The highest BCUT2D eigenvalue weighted by Gasteiger charge is 2.15. The molecule has 13 heavy (non-hydrogen) atoms. The first-order chi connectivity index (χ1) is 5.97. The maximum Gasteiger partial charge on any atom is 0.234 e. The first-order valence-electron chi connectivity index (χ1n) is 4.47. The lowest BCUT2D eigenvalue weighted by atomic mass is 10.1. The number of alkyl halides is 2. The molecule has 0 radical (unpaired) electrons. The van der Waals surface area contributed by atoms with Gasteiger partial charge in [0.05, 0.1) is 0 Å². The molecule has 0 aromatic rings. The molecule has 0 bridgehead atoms. The number of carbonyl (C=O) groups excluding carboxylic acids is 1. The summed E-state index contributed by atoms with van der Waals surface area (Å²) in [4.78, 5) is 11.3. The van der Waals surface area contributed by atoms with Crippen molar-refractivity contribution in [2.45, 2.75) is 38.1 Å². The van der Waals surface area contributed by atoms with Crippen LogP contribution in [0.15, 0.2) is 0 Å². The van der Waals surface area contributed by atoms with Gasteiger partial charge in [-0.05, 0) is 19.3 Å². The van der Waals surface area contributed by atoms with Crippen molar-refractivity contribution in [3.63, 3.8) is 0 Å². The normalized spacial score (nSPS) is 15.5. The SMILES string of the molecule is CC(C)CC(C)NC(=O)C(Br)CBr. The van der Waals surface area contributed by atoms with Crippen molar-refractivity contribution in [2.75, 3.05) is 5.33 Å². The Morgan fingerprint density at radius 3 is 2.31 bits per heavy atom. The van der Waals surface area contributed by atoms with Gasteiger partial charge in [-0.15, -0.1) is 0 Å². The second-order valence-electron chi connectivity index (χ2n) is 3.66. The van der Waals surface area contributed by atoms with Gasteiger partial charge in [0.15, 0.2) is 0 Å². The molecule has 0 saturated heterocycles. The molecule has 0 heterocycles. The van der Waals surface area contributed by atoms with Gasteiger partial charge in [-0.2, -0.15) is 0 Å². The van der Waals surface area contributed by atoms with E-state index in [9.17, 15) is 4.79 Å². The molecule has 2 unspecified atom stereocenters. The van der Waals surface area contributed by atoms with E-state index in [4.69, 9.17) is 0 Å². The minimum atomic E-state index is -0.123. The van der Waals surface area contributed by atoms with Crippen molar-refractivity contribution < 1.29 is 4.79 Å². The van der Waals surface area contributed by atoms with E-state index in [-0.39, 0.29) is 16.8 Å². The highest BCUT2D eigenvalue weighted by Crippen LogP contribution is 2.07. The number of rotatable bonds is 5. The van der Waals surface area contributed by atoms with Crippen LogP contribution in [-0.4, -0.2) is 22.1 Å². The molecule has 0 spiro atoms. The Labute approximate surface area is 97.1 Å². The van der Waals surface area contributed by atoms with Gasteiger partial charge in [0.25, 0.3) is 0 Å². The molecule has 0 saturated carbocycles. The van der Waals surface area contributed by atoms with Crippen molar-refractivity contribution in [3.8, 4) is 0 Å². The van der Waals surface area contributed by atoms with Crippen LogP contribution in [0.3, 0.4) is 0 Å². The summed E-state index contributed by atoms with van der Waals surface area (Å²) in [7, 11) is 0. The van der Waals surface area contributed by atoms with Crippen LogP contribution in [-0.2, 0) is 4.79 Å². The molecule has 1 amide bonds. The summed E-state index contributed by atoms with van der Waals surface area (Å²) in [6.45, 7) is 6.34. The molecule has 2 atom stereocenters. The highest BCUT2D eigenvalue weighted by atomic mass is 79.9. The Morgan fingerprint density at radius 2 is 1.92 bits per heavy atom. The van der Waals surface area contributed by atoms with E-state index in [1.54, 1.807) is 0 Å². The molecule has 0 rings (SSSR count). The maximum atomic E-state index is 11.4. The molecular weight excluding hydrogens is 298 g/mol. The van der Waals surface area contributed by atoms with Gasteiger partial charge < -0.3 is 5.32 Å². The number of hydrogen-bond donors (Lipinski definition) is 1. The van der Waals surface area contributed by atoms with Gasteiger partial charge in [0.1, 0.15) is 4.83 Å². The van der Waals surface area contributed by atoms with E-state index in [0.29, 0.717) is 11.2 Å². The van der Waals surface area contributed by atoms with E-state index in [2.05, 4.69) is 51.0 Å². The Hall–Kier alpha value is 0.430. The van der Waals surface area contributed by atoms with Crippen LogP contribution in [0.5, 0.6) is 0 Å². The largest absolute Gasteiger partial charge is 0.353 e. The molecule has 0 aliphatic heterocycles. The zero-order valence-corrected chi connectivity index (χ0v) is 11.5. The first kappa shape index (κ1) is 13.4. The lowest BCUT2D eigenvalue weighted by Gasteiger charge is -2.17. The van der Waals surface area contributed by atoms with Crippen molar-refractivity contribution >= 4 is 37.8 Å². The standard InChI is InChI=1S/C9H17Br2NO/c1-6(2)4-7(3)12-9(13)8(11)5-10/h6-8H,4-5H2,1-3H3,(H,12,13). The second kappa shape index (κ2) is 6.82. The summed E-state index contributed by atoms with van der Waals surface area (Å²) in [5, 5.41) is 3.59. The zero-order chi connectivity index (χ0) is 10.4. The Bertz CT molecular complexity index is 162. The van der Waals surface area contributed by atoms with Gasteiger partial charge in [0, 0.05) is 11.4 Å². The van der Waals surface area contributed by atoms with Crippen LogP contribution in [0.2, 0.25) is 0 Å². The molecule has 0 fully saturated rings. The fourth-order valence-electron chi connectivity index (χ4n) is 1.17. The molecule has 1 N–H and O–H groups in total. The maximum absolute atomic E-state index is 11.4. The van der Waals surface area contributed by atoms with Crippen LogP contribution in [0.1, 0.15) is 27.2 Å². The van der Waals surface area contributed by atoms with Crippen molar-refractivity contribution in [2.24, 2.45) is 5.92 Å². The summed E-state index contributed by atoms with van der Waals surface area (Å²) in [6, 6.07) is 0.256. The molecule has 0 aromatic heterocycles. The van der Waals surface area contributed by atoms with Gasteiger partial charge >= 0.3 is 0 Å². The molecular formula is C9H17Br2NO. The van der Waals surface area contributed by atoms with Crippen molar-refractivity contribution in [1.29, 1.82) is 0 Å². The number of carbonyl (C=O) groups is 1. The third-order valence-electron chi connectivity index (χ3n) is 1.63. The number of halogens is 2. The van der Waals surface area contributed by atoms with E-state index in [1.165, 1.54) is 0 Å². The van der Waals surface area contributed by atoms with E-state index in [0.717, 1.165) is 6.42 Å². The summed E-state index contributed by atoms with van der Waals surface area (Å²) < 4.78 is 0. The van der Waals surface area contributed by atoms with E-state index in [1.807, 2.05) is 6.92 Å². The fraction of sp³-hybridized carbons (Fsp3) is 0.889. The monoisotopic (exact) mass is 313 g/mol.